The molecule has 3 heterocycles. The SMILES string of the molecule is CCN1CC2CC(C1)N2C1CC1. The molecule has 0 N–H and O–H groups in total. The summed E-state index contributed by atoms with van der Waals surface area (Å²) in [7, 11) is 0. The van der Waals surface area contributed by atoms with Crippen molar-refractivity contribution in [3.05, 3.63) is 0 Å². The van der Waals surface area contributed by atoms with Gasteiger partial charge < -0.3 is 4.90 Å². The van der Waals surface area contributed by atoms with Gasteiger partial charge in [-0.3, -0.25) is 4.90 Å². The highest BCUT2D eigenvalue weighted by Gasteiger charge is 2.49. The molecule has 1 saturated carbocycles. The first-order valence-corrected chi connectivity index (χ1v) is 5.38. The smallest absolute Gasteiger partial charge is 0.0244 e. The van der Waals surface area contributed by atoms with E-state index in [4.69, 9.17) is 0 Å². The van der Waals surface area contributed by atoms with Gasteiger partial charge in [0.25, 0.3) is 0 Å². The molecule has 12 heavy (non-hydrogen) atoms. The number of likely N-dealkylation sites (N-methyl/N-ethyl adjacent to an activating group) is 1. The van der Waals surface area contributed by atoms with Gasteiger partial charge in [0.2, 0.25) is 0 Å². The van der Waals surface area contributed by atoms with Gasteiger partial charge in [0, 0.05) is 31.2 Å². The van der Waals surface area contributed by atoms with Crippen LogP contribution in [0.2, 0.25) is 0 Å². The molecule has 0 aromatic rings. The summed E-state index contributed by atoms with van der Waals surface area (Å²) in [6, 6.07) is 2.89. The van der Waals surface area contributed by atoms with E-state index >= 15 is 0 Å². The van der Waals surface area contributed by atoms with Crippen LogP contribution in [-0.2, 0) is 0 Å². The topological polar surface area (TPSA) is 6.48 Å². The molecule has 4 rings (SSSR count). The van der Waals surface area contributed by atoms with Crippen LogP contribution in [-0.4, -0.2) is 47.6 Å². The highest BCUT2D eigenvalue weighted by atomic mass is 15.4. The van der Waals surface area contributed by atoms with E-state index in [1.165, 1.54) is 38.9 Å². The van der Waals surface area contributed by atoms with E-state index in [9.17, 15) is 0 Å². The first kappa shape index (κ1) is 7.34. The molecule has 1 aliphatic carbocycles. The van der Waals surface area contributed by atoms with Gasteiger partial charge in [-0.15, -0.1) is 0 Å². The molecule has 4 aliphatic rings. The largest absolute Gasteiger partial charge is 0.301 e. The summed E-state index contributed by atoms with van der Waals surface area (Å²) in [6.45, 7) is 6.24. The quantitative estimate of drug-likeness (QED) is 0.602. The van der Waals surface area contributed by atoms with E-state index in [1.54, 1.807) is 0 Å². The lowest BCUT2D eigenvalue weighted by Crippen LogP contribution is -2.69. The Hall–Kier alpha value is -0.0800. The van der Waals surface area contributed by atoms with Crippen LogP contribution in [0.5, 0.6) is 0 Å². The molecule has 4 fully saturated rings. The molecule has 2 bridgehead atoms. The van der Waals surface area contributed by atoms with E-state index < -0.39 is 0 Å². The van der Waals surface area contributed by atoms with Crippen molar-refractivity contribution < 1.29 is 0 Å². The lowest BCUT2D eigenvalue weighted by atomic mass is 9.87. The molecule has 2 nitrogen and oxygen atoms in total. The van der Waals surface area contributed by atoms with Gasteiger partial charge in [0.15, 0.2) is 0 Å². The number of piperazine rings is 1. The number of nitrogens with zero attached hydrogens (tertiary/aromatic N) is 2. The van der Waals surface area contributed by atoms with E-state index in [-0.39, 0.29) is 0 Å². The van der Waals surface area contributed by atoms with Crippen LogP contribution < -0.4 is 0 Å². The maximum absolute atomic E-state index is 2.80. The zero-order valence-corrected chi connectivity index (χ0v) is 7.87. The van der Waals surface area contributed by atoms with Crippen molar-refractivity contribution in [2.24, 2.45) is 0 Å². The summed E-state index contributed by atoms with van der Waals surface area (Å²) in [5, 5.41) is 0. The molecular weight excluding hydrogens is 148 g/mol. The second-order valence-electron chi connectivity index (χ2n) is 4.57. The molecule has 2 atom stereocenters. The Morgan fingerprint density at radius 3 is 2.25 bits per heavy atom. The number of rotatable bonds is 2. The van der Waals surface area contributed by atoms with Crippen LogP contribution in [0.1, 0.15) is 26.2 Å². The van der Waals surface area contributed by atoms with E-state index in [2.05, 4.69) is 16.7 Å². The van der Waals surface area contributed by atoms with Crippen LogP contribution >= 0.6 is 0 Å². The van der Waals surface area contributed by atoms with Crippen LogP contribution in [0.4, 0.5) is 0 Å². The van der Waals surface area contributed by atoms with Crippen molar-refractivity contribution in [2.45, 2.75) is 44.3 Å². The fourth-order valence-corrected chi connectivity index (χ4v) is 2.95. The third kappa shape index (κ3) is 0.944. The fraction of sp³-hybridized carbons (Fsp3) is 1.00. The zero-order valence-electron chi connectivity index (χ0n) is 7.87. The number of hydrogen-bond donors (Lipinski definition) is 0. The summed E-state index contributed by atoms with van der Waals surface area (Å²) in [5.41, 5.74) is 0. The molecule has 0 radical (unpaired) electrons. The number of fused-ring (bicyclic) bond motifs is 2. The van der Waals surface area contributed by atoms with E-state index in [1.807, 2.05) is 0 Å². The maximum atomic E-state index is 2.80. The van der Waals surface area contributed by atoms with Crippen LogP contribution in [0.3, 0.4) is 0 Å². The predicted molar refractivity (Wildman–Crippen MR) is 49.2 cm³/mol. The Kier molecular flexibility index (Phi) is 1.50. The fourth-order valence-electron chi connectivity index (χ4n) is 2.95. The minimum Gasteiger partial charge on any atom is -0.301 e. The number of piperidine rings is 1. The lowest BCUT2D eigenvalue weighted by molar-refractivity contribution is -0.0731. The van der Waals surface area contributed by atoms with Gasteiger partial charge in [-0.25, -0.2) is 0 Å². The minimum atomic E-state index is 0.941. The Bertz CT molecular complexity index is 176. The molecule has 3 saturated heterocycles. The maximum Gasteiger partial charge on any atom is 0.0244 e. The average Bonchev–Trinajstić information content (AvgIpc) is 2.88. The Balaban J connectivity index is 1.65. The van der Waals surface area contributed by atoms with Gasteiger partial charge >= 0.3 is 0 Å². The van der Waals surface area contributed by atoms with Crippen molar-refractivity contribution in [3.8, 4) is 0 Å². The molecule has 0 aromatic carbocycles. The third-order valence-corrected chi connectivity index (χ3v) is 3.74. The Labute approximate surface area is 74.5 Å². The summed E-state index contributed by atoms with van der Waals surface area (Å²) in [5.74, 6) is 0. The first-order chi connectivity index (χ1) is 5.88. The van der Waals surface area contributed by atoms with Crippen molar-refractivity contribution >= 4 is 0 Å². The first-order valence-electron chi connectivity index (χ1n) is 5.38. The van der Waals surface area contributed by atoms with Gasteiger partial charge in [0.1, 0.15) is 0 Å². The van der Waals surface area contributed by atoms with Gasteiger partial charge in [-0.2, -0.15) is 0 Å². The summed E-state index contributed by atoms with van der Waals surface area (Å²) >= 11 is 0. The predicted octanol–water partition coefficient (Wildman–Crippen LogP) is 0.927. The average molecular weight is 166 g/mol. The third-order valence-electron chi connectivity index (χ3n) is 3.74. The monoisotopic (exact) mass is 166 g/mol. The lowest BCUT2D eigenvalue weighted by Gasteiger charge is -2.56. The molecule has 2 unspecified atom stereocenters. The van der Waals surface area contributed by atoms with Crippen LogP contribution in [0, 0.1) is 0 Å². The van der Waals surface area contributed by atoms with Crippen molar-refractivity contribution in [1.29, 1.82) is 0 Å². The van der Waals surface area contributed by atoms with Gasteiger partial charge in [0.05, 0.1) is 0 Å². The standard InChI is InChI=1S/C10H18N2/c1-2-11-6-9-5-10(7-11)12(9)8-3-4-8/h8-10H,2-7H2,1H3. The van der Waals surface area contributed by atoms with E-state index in [0.29, 0.717) is 0 Å². The molecule has 0 aromatic heterocycles. The highest BCUT2D eigenvalue weighted by molar-refractivity contribution is 5.06. The minimum absolute atomic E-state index is 0.941. The van der Waals surface area contributed by atoms with E-state index in [0.717, 1.165) is 18.1 Å². The van der Waals surface area contributed by atoms with Gasteiger partial charge in [-0.05, 0) is 25.8 Å². The molecule has 2 heteroatoms. The summed E-state index contributed by atoms with van der Waals surface area (Å²) in [6.07, 6.45) is 4.46. The molecule has 68 valence electrons. The highest BCUT2D eigenvalue weighted by Crippen LogP contribution is 2.41. The van der Waals surface area contributed by atoms with Crippen molar-refractivity contribution in [3.63, 3.8) is 0 Å². The Morgan fingerprint density at radius 2 is 1.75 bits per heavy atom. The summed E-state index contributed by atoms with van der Waals surface area (Å²) in [4.78, 5) is 5.41. The summed E-state index contributed by atoms with van der Waals surface area (Å²) < 4.78 is 0. The van der Waals surface area contributed by atoms with Crippen LogP contribution in [0.25, 0.3) is 0 Å². The second kappa shape index (κ2) is 2.46. The van der Waals surface area contributed by atoms with Crippen molar-refractivity contribution in [2.75, 3.05) is 19.6 Å². The second-order valence-corrected chi connectivity index (χ2v) is 4.57. The molecule has 3 aliphatic heterocycles. The normalized spacial score (nSPS) is 42.8. The van der Waals surface area contributed by atoms with Crippen LogP contribution in [0.15, 0.2) is 0 Å². The molecular formula is C10H18N2. The molecule has 0 amide bonds. The molecule has 0 spiro atoms. The zero-order chi connectivity index (χ0) is 8.13. The number of hydrogen-bond acceptors (Lipinski definition) is 2. The van der Waals surface area contributed by atoms with Gasteiger partial charge in [-0.1, -0.05) is 6.92 Å². The van der Waals surface area contributed by atoms with Crippen molar-refractivity contribution in [1.82, 2.24) is 9.80 Å². The Morgan fingerprint density at radius 1 is 1.08 bits per heavy atom.